The first-order valence-corrected chi connectivity index (χ1v) is 7.25. The van der Waals surface area contributed by atoms with Crippen molar-refractivity contribution in [3.8, 4) is 0 Å². The largest absolute Gasteiger partial charge is 0.370 e. The van der Waals surface area contributed by atoms with Gasteiger partial charge in [0.25, 0.3) is 0 Å². The van der Waals surface area contributed by atoms with Crippen molar-refractivity contribution >= 4 is 5.69 Å². The molecule has 104 valence electrons. The molecule has 2 N–H and O–H groups in total. The molecule has 2 aliphatic rings. The topological polar surface area (TPSA) is 32.5 Å². The molecule has 0 spiro atoms. The first-order chi connectivity index (χ1) is 9.28. The molecular formula is C15H22FN3. The van der Waals surface area contributed by atoms with Crippen LogP contribution in [0.4, 0.5) is 10.1 Å². The fraction of sp³-hybridized carbons (Fsp3) is 0.600. The Bertz CT molecular complexity index is 443. The fourth-order valence-corrected chi connectivity index (χ4v) is 3.28. The van der Waals surface area contributed by atoms with Gasteiger partial charge in [0.05, 0.1) is 0 Å². The van der Waals surface area contributed by atoms with Gasteiger partial charge in [-0.15, -0.1) is 0 Å². The van der Waals surface area contributed by atoms with Gasteiger partial charge < -0.3 is 10.6 Å². The van der Waals surface area contributed by atoms with E-state index in [1.54, 1.807) is 6.07 Å². The molecule has 1 atom stereocenters. The minimum Gasteiger partial charge on any atom is -0.370 e. The molecule has 0 saturated carbocycles. The van der Waals surface area contributed by atoms with Crippen molar-refractivity contribution in [1.29, 1.82) is 0 Å². The van der Waals surface area contributed by atoms with Crippen molar-refractivity contribution in [3.63, 3.8) is 0 Å². The third-order valence-corrected chi connectivity index (χ3v) is 4.44. The highest BCUT2D eigenvalue weighted by Gasteiger charge is 2.29. The number of halogens is 1. The zero-order valence-electron chi connectivity index (χ0n) is 11.3. The quantitative estimate of drug-likeness (QED) is 0.905. The molecular weight excluding hydrogens is 241 g/mol. The van der Waals surface area contributed by atoms with E-state index in [2.05, 4.69) is 9.80 Å². The summed E-state index contributed by atoms with van der Waals surface area (Å²) in [6.45, 7) is 4.80. The van der Waals surface area contributed by atoms with Gasteiger partial charge >= 0.3 is 0 Å². The molecule has 0 aromatic heterocycles. The Labute approximate surface area is 114 Å². The second-order valence-electron chi connectivity index (χ2n) is 5.61. The first kappa shape index (κ1) is 12.9. The lowest BCUT2D eigenvalue weighted by atomic mass is 10.2. The standard InChI is InChI=1S/C15H22FN3/c16-15-9-13(4-3-12(15)10-17)19-8-5-14(11-19)18-6-1-2-7-18/h3-4,9,14H,1-2,5-8,10-11,17H2. The molecule has 0 aliphatic carbocycles. The van der Waals surface area contributed by atoms with Gasteiger partial charge in [-0.25, -0.2) is 4.39 Å². The second-order valence-corrected chi connectivity index (χ2v) is 5.61. The summed E-state index contributed by atoms with van der Waals surface area (Å²) in [5.41, 5.74) is 7.09. The van der Waals surface area contributed by atoms with Crippen LogP contribution in [0.2, 0.25) is 0 Å². The highest BCUT2D eigenvalue weighted by atomic mass is 19.1. The molecule has 1 unspecified atom stereocenters. The third kappa shape index (κ3) is 2.60. The number of rotatable bonds is 3. The Morgan fingerprint density at radius 3 is 2.68 bits per heavy atom. The zero-order chi connectivity index (χ0) is 13.2. The number of nitrogens with two attached hydrogens (primary N) is 1. The number of benzene rings is 1. The van der Waals surface area contributed by atoms with E-state index in [0.717, 1.165) is 18.8 Å². The predicted octanol–water partition coefficient (Wildman–Crippen LogP) is 1.96. The van der Waals surface area contributed by atoms with Gasteiger partial charge in [0.15, 0.2) is 0 Å². The van der Waals surface area contributed by atoms with Crippen LogP contribution in [0, 0.1) is 5.82 Å². The average molecular weight is 263 g/mol. The maximum absolute atomic E-state index is 13.8. The van der Waals surface area contributed by atoms with Crippen LogP contribution < -0.4 is 10.6 Å². The molecule has 0 bridgehead atoms. The highest BCUT2D eigenvalue weighted by Crippen LogP contribution is 2.26. The van der Waals surface area contributed by atoms with Gasteiger partial charge in [-0.1, -0.05) is 6.07 Å². The van der Waals surface area contributed by atoms with E-state index >= 15 is 0 Å². The van der Waals surface area contributed by atoms with Crippen molar-refractivity contribution in [1.82, 2.24) is 4.90 Å². The lowest BCUT2D eigenvalue weighted by Gasteiger charge is -2.24. The number of hydrogen-bond donors (Lipinski definition) is 1. The average Bonchev–Trinajstić information content (AvgIpc) is 3.09. The van der Waals surface area contributed by atoms with Crippen LogP contribution in [0.5, 0.6) is 0 Å². The van der Waals surface area contributed by atoms with E-state index in [-0.39, 0.29) is 12.4 Å². The van der Waals surface area contributed by atoms with Crippen molar-refractivity contribution in [2.75, 3.05) is 31.1 Å². The third-order valence-electron chi connectivity index (χ3n) is 4.44. The first-order valence-electron chi connectivity index (χ1n) is 7.25. The molecule has 2 aliphatic heterocycles. The Hall–Kier alpha value is -1.13. The van der Waals surface area contributed by atoms with Crippen molar-refractivity contribution in [2.45, 2.75) is 31.8 Å². The Morgan fingerprint density at radius 1 is 1.21 bits per heavy atom. The van der Waals surface area contributed by atoms with E-state index < -0.39 is 0 Å². The molecule has 2 saturated heterocycles. The van der Waals surface area contributed by atoms with E-state index in [0.29, 0.717) is 11.6 Å². The molecule has 3 nitrogen and oxygen atoms in total. The Kier molecular flexibility index (Phi) is 3.71. The summed E-state index contributed by atoms with van der Waals surface area (Å²) < 4.78 is 13.8. The van der Waals surface area contributed by atoms with E-state index in [4.69, 9.17) is 5.73 Å². The number of hydrogen-bond acceptors (Lipinski definition) is 3. The van der Waals surface area contributed by atoms with Crippen molar-refractivity contribution in [2.24, 2.45) is 5.73 Å². The van der Waals surface area contributed by atoms with Gasteiger partial charge in [-0.2, -0.15) is 0 Å². The molecule has 0 radical (unpaired) electrons. The molecule has 2 heterocycles. The normalized spacial score (nSPS) is 24.3. The second kappa shape index (κ2) is 5.47. The van der Waals surface area contributed by atoms with Crippen LogP contribution in [0.15, 0.2) is 18.2 Å². The van der Waals surface area contributed by atoms with Gasteiger partial charge in [-0.05, 0) is 44.5 Å². The van der Waals surface area contributed by atoms with Gasteiger partial charge in [-0.3, -0.25) is 4.90 Å². The number of likely N-dealkylation sites (tertiary alicyclic amines) is 1. The zero-order valence-corrected chi connectivity index (χ0v) is 11.3. The van der Waals surface area contributed by atoms with Crippen molar-refractivity contribution in [3.05, 3.63) is 29.6 Å². The summed E-state index contributed by atoms with van der Waals surface area (Å²) in [6, 6.07) is 6.10. The molecule has 1 aromatic carbocycles. The highest BCUT2D eigenvalue weighted by molar-refractivity contribution is 5.49. The summed E-state index contributed by atoms with van der Waals surface area (Å²) in [4.78, 5) is 4.89. The van der Waals surface area contributed by atoms with Crippen molar-refractivity contribution < 1.29 is 4.39 Å². The monoisotopic (exact) mass is 263 g/mol. The molecule has 1 aromatic rings. The van der Waals surface area contributed by atoms with Gasteiger partial charge in [0, 0.05) is 36.9 Å². The summed E-state index contributed by atoms with van der Waals surface area (Å²) in [6.07, 6.45) is 3.85. The molecule has 4 heteroatoms. The smallest absolute Gasteiger partial charge is 0.129 e. The lowest BCUT2D eigenvalue weighted by molar-refractivity contribution is 0.260. The maximum atomic E-state index is 13.8. The van der Waals surface area contributed by atoms with Gasteiger partial charge in [0.1, 0.15) is 5.82 Å². The Balaban J connectivity index is 1.68. The number of nitrogens with zero attached hydrogens (tertiary/aromatic N) is 2. The minimum absolute atomic E-state index is 0.176. The maximum Gasteiger partial charge on any atom is 0.129 e. The van der Waals surface area contributed by atoms with Crippen LogP contribution in [-0.2, 0) is 6.54 Å². The summed E-state index contributed by atoms with van der Waals surface area (Å²) >= 11 is 0. The van der Waals surface area contributed by atoms with Crippen LogP contribution in [-0.4, -0.2) is 37.1 Å². The van der Waals surface area contributed by atoms with Crippen LogP contribution in [0.3, 0.4) is 0 Å². The van der Waals surface area contributed by atoms with Crippen LogP contribution >= 0.6 is 0 Å². The fourth-order valence-electron chi connectivity index (χ4n) is 3.28. The molecule has 2 fully saturated rings. The van der Waals surface area contributed by atoms with E-state index in [1.165, 1.54) is 32.4 Å². The predicted molar refractivity (Wildman–Crippen MR) is 75.7 cm³/mol. The Morgan fingerprint density at radius 2 is 2.00 bits per heavy atom. The molecule has 0 amide bonds. The lowest BCUT2D eigenvalue weighted by Crippen LogP contribution is -2.35. The van der Waals surface area contributed by atoms with E-state index in [9.17, 15) is 4.39 Å². The summed E-state index contributed by atoms with van der Waals surface area (Å²) in [5, 5.41) is 0. The van der Waals surface area contributed by atoms with Crippen LogP contribution in [0.25, 0.3) is 0 Å². The molecule has 19 heavy (non-hydrogen) atoms. The van der Waals surface area contributed by atoms with Crippen LogP contribution in [0.1, 0.15) is 24.8 Å². The van der Waals surface area contributed by atoms with E-state index in [1.807, 2.05) is 12.1 Å². The summed E-state index contributed by atoms with van der Waals surface area (Å²) in [5.74, 6) is -0.176. The molecule has 3 rings (SSSR count). The summed E-state index contributed by atoms with van der Waals surface area (Å²) in [7, 11) is 0. The van der Waals surface area contributed by atoms with Gasteiger partial charge in [0.2, 0.25) is 0 Å². The number of anilines is 1. The SMILES string of the molecule is NCc1ccc(N2CCC(N3CCCC3)C2)cc1F. The minimum atomic E-state index is -0.176.